The summed E-state index contributed by atoms with van der Waals surface area (Å²) in [5, 5.41) is 20.6. The van der Waals surface area contributed by atoms with E-state index in [2.05, 4.69) is 27.0 Å². The van der Waals surface area contributed by atoms with Crippen LogP contribution >= 0.6 is 23.1 Å². The van der Waals surface area contributed by atoms with E-state index in [0.717, 1.165) is 21.6 Å². The fourth-order valence-electron chi connectivity index (χ4n) is 4.25. The standard InChI is InChI=1S/C35H27N5O3S2/c1-23-12-14-25(15-13-23)30-21-45-35(29(30)19-36)40-32(41)22-44-28-11-5-10-27(18-28)38-34(43)31(17-24-7-6-16-37-20-24)39-33(42)26-8-3-2-4-9-26/h2-18,20-21H,22H2,1H3,(H,38,43)(H,39,42)(H,40,41)/b31-17-. The van der Waals surface area contributed by atoms with Gasteiger partial charge in [-0.1, -0.05) is 60.2 Å². The number of nitrogens with one attached hydrogen (secondary N) is 3. The molecule has 0 unspecified atom stereocenters. The molecule has 0 spiro atoms. The maximum atomic E-state index is 13.3. The number of carbonyl (C=O) groups excluding carboxylic acids is 3. The van der Waals surface area contributed by atoms with Crippen molar-refractivity contribution in [3.05, 3.63) is 137 Å². The molecule has 0 fully saturated rings. The Labute approximate surface area is 268 Å². The summed E-state index contributed by atoms with van der Waals surface area (Å²) in [5.41, 5.74) is 4.84. The molecule has 222 valence electrons. The average molecular weight is 630 g/mol. The molecule has 0 aliphatic heterocycles. The topological polar surface area (TPSA) is 124 Å². The van der Waals surface area contributed by atoms with Gasteiger partial charge in [0.1, 0.15) is 16.8 Å². The number of nitrogens with zero attached hydrogens (tertiary/aromatic N) is 2. The minimum atomic E-state index is -0.519. The van der Waals surface area contributed by atoms with Crippen LogP contribution in [0.5, 0.6) is 0 Å². The van der Waals surface area contributed by atoms with Crippen LogP contribution in [-0.2, 0) is 9.59 Å². The van der Waals surface area contributed by atoms with Crippen LogP contribution in [0, 0.1) is 18.3 Å². The van der Waals surface area contributed by atoms with Gasteiger partial charge in [0.05, 0.1) is 11.3 Å². The van der Waals surface area contributed by atoms with Crippen molar-refractivity contribution in [1.82, 2.24) is 10.3 Å². The van der Waals surface area contributed by atoms with E-state index in [1.54, 1.807) is 79.1 Å². The predicted molar refractivity (Wildman–Crippen MR) is 180 cm³/mol. The third-order valence-electron chi connectivity index (χ3n) is 6.50. The van der Waals surface area contributed by atoms with Crippen LogP contribution in [0.25, 0.3) is 17.2 Å². The first-order valence-electron chi connectivity index (χ1n) is 13.8. The Hall–Kier alpha value is -5.50. The first-order chi connectivity index (χ1) is 21.9. The maximum absolute atomic E-state index is 13.3. The number of nitriles is 1. The Kier molecular flexibility index (Phi) is 10.2. The molecule has 0 saturated heterocycles. The van der Waals surface area contributed by atoms with Gasteiger partial charge in [-0.15, -0.1) is 23.1 Å². The fraction of sp³-hybridized carbons (Fsp3) is 0.0571. The molecule has 3 N–H and O–H groups in total. The number of hydrogen-bond acceptors (Lipinski definition) is 7. The van der Waals surface area contributed by atoms with E-state index in [-0.39, 0.29) is 17.4 Å². The van der Waals surface area contributed by atoms with Crippen molar-refractivity contribution >= 4 is 57.6 Å². The number of aryl methyl sites for hydroxylation is 1. The highest BCUT2D eigenvalue weighted by atomic mass is 32.2. The van der Waals surface area contributed by atoms with E-state index in [4.69, 9.17) is 0 Å². The lowest BCUT2D eigenvalue weighted by molar-refractivity contribution is -0.114. The van der Waals surface area contributed by atoms with Crippen LogP contribution < -0.4 is 16.0 Å². The second-order valence-electron chi connectivity index (χ2n) is 9.81. The SMILES string of the molecule is Cc1ccc(-c2csc(NC(=O)CSc3cccc(NC(=O)/C(=C/c4cccnc4)NC(=O)c4ccccc4)c3)c2C#N)cc1. The summed E-state index contributed by atoms with van der Waals surface area (Å²) in [7, 11) is 0. The van der Waals surface area contributed by atoms with Gasteiger partial charge in [-0.2, -0.15) is 5.26 Å². The van der Waals surface area contributed by atoms with Crippen molar-refractivity contribution < 1.29 is 14.4 Å². The van der Waals surface area contributed by atoms with Crippen LogP contribution in [0.4, 0.5) is 10.7 Å². The normalized spacial score (nSPS) is 10.9. The van der Waals surface area contributed by atoms with Crippen molar-refractivity contribution in [1.29, 1.82) is 5.26 Å². The van der Waals surface area contributed by atoms with Crippen molar-refractivity contribution in [3.8, 4) is 17.2 Å². The minimum Gasteiger partial charge on any atom is -0.321 e. The molecule has 0 saturated carbocycles. The van der Waals surface area contributed by atoms with Gasteiger partial charge in [0.25, 0.3) is 11.8 Å². The first kappa shape index (κ1) is 30.9. The van der Waals surface area contributed by atoms with Gasteiger partial charge in [-0.25, -0.2) is 0 Å². The molecule has 5 aromatic rings. The molecule has 2 aromatic heterocycles. The lowest BCUT2D eigenvalue weighted by atomic mass is 10.0. The van der Waals surface area contributed by atoms with E-state index >= 15 is 0 Å². The molecule has 3 aromatic carbocycles. The number of amides is 3. The summed E-state index contributed by atoms with van der Waals surface area (Å²) < 4.78 is 0. The minimum absolute atomic E-state index is 0.0449. The van der Waals surface area contributed by atoms with Crippen LogP contribution in [-0.4, -0.2) is 28.5 Å². The zero-order valence-corrected chi connectivity index (χ0v) is 25.7. The highest BCUT2D eigenvalue weighted by Gasteiger charge is 2.17. The molecular weight excluding hydrogens is 603 g/mol. The largest absolute Gasteiger partial charge is 0.321 e. The lowest BCUT2D eigenvalue weighted by Crippen LogP contribution is -2.30. The highest BCUT2D eigenvalue weighted by molar-refractivity contribution is 8.00. The summed E-state index contributed by atoms with van der Waals surface area (Å²) in [5.74, 6) is -1.10. The second-order valence-corrected chi connectivity index (χ2v) is 11.7. The van der Waals surface area contributed by atoms with Gasteiger partial charge < -0.3 is 16.0 Å². The first-order valence-corrected chi connectivity index (χ1v) is 15.7. The monoisotopic (exact) mass is 629 g/mol. The summed E-state index contributed by atoms with van der Waals surface area (Å²) in [6.45, 7) is 2.00. The van der Waals surface area contributed by atoms with Crippen molar-refractivity contribution in [3.63, 3.8) is 0 Å². The molecule has 3 amide bonds. The Morgan fingerprint density at radius 3 is 2.49 bits per heavy atom. The molecule has 5 rings (SSSR count). The van der Waals surface area contributed by atoms with Crippen molar-refractivity contribution in [2.45, 2.75) is 11.8 Å². The third-order valence-corrected chi connectivity index (χ3v) is 8.39. The number of anilines is 2. The van der Waals surface area contributed by atoms with Crippen LogP contribution in [0.3, 0.4) is 0 Å². The second kappa shape index (κ2) is 14.8. The van der Waals surface area contributed by atoms with Gasteiger partial charge in [0, 0.05) is 39.5 Å². The average Bonchev–Trinajstić information content (AvgIpc) is 3.47. The van der Waals surface area contributed by atoms with Crippen molar-refractivity contribution in [2.24, 2.45) is 0 Å². The Balaban J connectivity index is 1.24. The van der Waals surface area contributed by atoms with Gasteiger partial charge in [0.2, 0.25) is 5.91 Å². The molecule has 0 radical (unpaired) electrons. The number of thiophene rings is 1. The number of rotatable bonds is 10. The number of benzene rings is 3. The molecule has 0 atom stereocenters. The number of aromatic nitrogens is 1. The number of pyridine rings is 1. The zero-order valence-electron chi connectivity index (χ0n) is 24.1. The summed E-state index contributed by atoms with van der Waals surface area (Å²) in [4.78, 5) is 43.9. The molecule has 0 aliphatic carbocycles. The molecular formula is C35H27N5O3S2. The predicted octanol–water partition coefficient (Wildman–Crippen LogP) is 7.13. The van der Waals surface area contributed by atoms with Crippen LogP contribution in [0.2, 0.25) is 0 Å². The van der Waals surface area contributed by atoms with Crippen LogP contribution in [0.15, 0.2) is 119 Å². The summed E-state index contributed by atoms with van der Waals surface area (Å²) >= 11 is 2.61. The molecule has 45 heavy (non-hydrogen) atoms. The van der Waals surface area contributed by atoms with Gasteiger partial charge in [0.15, 0.2) is 0 Å². The Morgan fingerprint density at radius 2 is 1.76 bits per heavy atom. The van der Waals surface area contributed by atoms with Gasteiger partial charge in [-0.05, 0) is 60.5 Å². The van der Waals surface area contributed by atoms with E-state index < -0.39 is 11.8 Å². The third kappa shape index (κ3) is 8.32. The Bertz CT molecular complexity index is 1900. The molecule has 0 aliphatic rings. The summed E-state index contributed by atoms with van der Waals surface area (Å²) in [6.07, 6.45) is 4.76. The quantitative estimate of drug-likeness (QED) is 0.112. The zero-order chi connectivity index (χ0) is 31.6. The van der Waals surface area contributed by atoms with Gasteiger partial charge >= 0.3 is 0 Å². The van der Waals surface area contributed by atoms with E-state index in [0.29, 0.717) is 27.4 Å². The van der Waals surface area contributed by atoms with E-state index in [1.807, 2.05) is 42.6 Å². The molecule has 2 heterocycles. The highest BCUT2D eigenvalue weighted by Crippen LogP contribution is 2.35. The maximum Gasteiger partial charge on any atom is 0.272 e. The lowest BCUT2D eigenvalue weighted by Gasteiger charge is -2.12. The molecule has 0 bridgehead atoms. The summed E-state index contributed by atoms with van der Waals surface area (Å²) in [6, 6.07) is 29.3. The number of carbonyl (C=O) groups is 3. The number of hydrogen-bond donors (Lipinski definition) is 3. The smallest absolute Gasteiger partial charge is 0.272 e. The van der Waals surface area contributed by atoms with E-state index in [9.17, 15) is 19.6 Å². The van der Waals surface area contributed by atoms with Gasteiger partial charge in [-0.3, -0.25) is 19.4 Å². The van der Waals surface area contributed by atoms with Crippen LogP contribution in [0.1, 0.15) is 27.0 Å². The molecule has 10 heteroatoms. The van der Waals surface area contributed by atoms with Crippen molar-refractivity contribution in [2.75, 3.05) is 16.4 Å². The molecule has 8 nitrogen and oxygen atoms in total. The Morgan fingerprint density at radius 1 is 0.956 bits per heavy atom. The number of thioether (sulfide) groups is 1. The van der Waals surface area contributed by atoms with E-state index in [1.165, 1.54) is 23.1 Å². The fourth-order valence-corrected chi connectivity index (χ4v) is 5.94.